The molecule has 6 heteroatoms. The molecule has 134 valence electrons. The van der Waals surface area contributed by atoms with Crippen molar-refractivity contribution in [2.75, 3.05) is 6.61 Å². The van der Waals surface area contributed by atoms with E-state index in [0.29, 0.717) is 16.9 Å². The number of alkyl halides is 2. The van der Waals surface area contributed by atoms with Gasteiger partial charge in [-0.25, -0.2) is 0 Å². The molecule has 0 N–H and O–H groups in total. The van der Waals surface area contributed by atoms with Crippen LogP contribution >= 0.6 is 0 Å². The van der Waals surface area contributed by atoms with E-state index < -0.39 is 12.7 Å². The Balaban J connectivity index is 2.66. The third-order valence-corrected chi connectivity index (χ3v) is 2.77. The van der Waals surface area contributed by atoms with Gasteiger partial charge in [0, 0.05) is 12.0 Å². The van der Waals surface area contributed by atoms with E-state index in [4.69, 9.17) is 4.74 Å². The van der Waals surface area contributed by atoms with Crippen molar-refractivity contribution in [3.63, 3.8) is 0 Å². The maximum absolute atomic E-state index is 12.0. The zero-order valence-electron chi connectivity index (χ0n) is 13.9. The fourth-order valence-electron chi connectivity index (χ4n) is 1.64. The van der Waals surface area contributed by atoms with Gasteiger partial charge in [0.15, 0.2) is 0 Å². The van der Waals surface area contributed by atoms with Crippen molar-refractivity contribution in [3.8, 4) is 17.6 Å². The summed E-state index contributed by atoms with van der Waals surface area (Å²) in [7, 11) is 0. The van der Waals surface area contributed by atoms with Crippen molar-refractivity contribution in [2.24, 2.45) is 0 Å². The molecule has 0 saturated heterocycles. The predicted molar refractivity (Wildman–Crippen MR) is 88.3 cm³/mol. The van der Waals surface area contributed by atoms with Crippen LogP contribution in [0.4, 0.5) is 17.6 Å². The van der Waals surface area contributed by atoms with Gasteiger partial charge in [-0.2, -0.15) is 17.6 Å². The van der Waals surface area contributed by atoms with E-state index in [1.807, 2.05) is 0 Å². The number of ether oxygens (including phenoxy) is 2. The van der Waals surface area contributed by atoms with Crippen LogP contribution in [0.1, 0.15) is 25.8 Å². The molecule has 2 nitrogen and oxygen atoms in total. The highest BCUT2D eigenvalue weighted by Crippen LogP contribution is 2.13. The summed E-state index contributed by atoms with van der Waals surface area (Å²) in [6.07, 6.45) is 2.17. The zero-order valence-corrected chi connectivity index (χ0v) is 13.9. The van der Waals surface area contributed by atoms with Gasteiger partial charge in [-0.1, -0.05) is 17.9 Å². The molecule has 0 aromatic heterocycles. The summed E-state index contributed by atoms with van der Waals surface area (Å²) < 4.78 is 57.4. The smallest absolute Gasteiger partial charge is 0.387 e. The van der Waals surface area contributed by atoms with Gasteiger partial charge < -0.3 is 9.47 Å². The summed E-state index contributed by atoms with van der Waals surface area (Å²) in [4.78, 5) is 0. The first-order chi connectivity index (χ1) is 11.9. The van der Waals surface area contributed by atoms with E-state index in [-0.39, 0.29) is 18.8 Å². The second kappa shape index (κ2) is 11.0. The lowest BCUT2D eigenvalue weighted by atomic mass is 10.2. The molecule has 0 saturated carbocycles. The van der Waals surface area contributed by atoms with Gasteiger partial charge in [-0.3, -0.25) is 0 Å². The van der Waals surface area contributed by atoms with Crippen molar-refractivity contribution in [1.82, 2.24) is 0 Å². The fraction of sp³-hybridized carbons (Fsp3) is 0.263. The SMILES string of the molecule is C/C(C#Cc1cccc(OCCC=C(F)F)c1)=C\C=C(/C)OC(F)F. The van der Waals surface area contributed by atoms with E-state index in [1.54, 1.807) is 37.3 Å². The number of benzene rings is 1. The van der Waals surface area contributed by atoms with Gasteiger partial charge in [0.2, 0.25) is 0 Å². The van der Waals surface area contributed by atoms with Gasteiger partial charge in [0.25, 0.3) is 6.08 Å². The Kier molecular flexibility index (Phi) is 8.94. The lowest BCUT2D eigenvalue weighted by Crippen LogP contribution is -1.95. The highest BCUT2D eigenvalue weighted by molar-refractivity contribution is 5.44. The van der Waals surface area contributed by atoms with Crippen LogP contribution in [0.25, 0.3) is 0 Å². The van der Waals surface area contributed by atoms with Crippen molar-refractivity contribution < 1.29 is 27.0 Å². The molecule has 1 aromatic carbocycles. The first-order valence-corrected chi connectivity index (χ1v) is 7.43. The third kappa shape index (κ3) is 9.92. The number of hydrogen-bond donors (Lipinski definition) is 0. The van der Waals surface area contributed by atoms with E-state index >= 15 is 0 Å². The van der Waals surface area contributed by atoms with E-state index in [2.05, 4.69) is 16.6 Å². The number of halogens is 4. The van der Waals surface area contributed by atoms with Crippen LogP contribution in [-0.2, 0) is 4.74 Å². The molecule has 1 rings (SSSR count). The largest absolute Gasteiger partial charge is 0.493 e. The normalized spacial score (nSPS) is 11.6. The van der Waals surface area contributed by atoms with Crippen LogP contribution in [-0.4, -0.2) is 13.2 Å². The molecule has 0 atom stereocenters. The molecule has 0 unspecified atom stereocenters. The number of hydrogen-bond acceptors (Lipinski definition) is 2. The van der Waals surface area contributed by atoms with Crippen LogP contribution in [0.2, 0.25) is 0 Å². The van der Waals surface area contributed by atoms with Crippen molar-refractivity contribution in [2.45, 2.75) is 26.9 Å². The minimum atomic E-state index is -2.85. The van der Waals surface area contributed by atoms with Gasteiger partial charge in [-0.15, -0.1) is 0 Å². The highest BCUT2D eigenvalue weighted by atomic mass is 19.3. The van der Waals surface area contributed by atoms with Crippen LogP contribution in [0, 0.1) is 11.8 Å². The Labute approximate surface area is 144 Å². The molecule has 0 aliphatic rings. The molecule has 0 aliphatic heterocycles. The molecule has 0 spiro atoms. The van der Waals surface area contributed by atoms with Crippen molar-refractivity contribution >= 4 is 0 Å². The Hall–Kier alpha value is -2.68. The Morgan fingerprint density at radius 2 is 1.96 bits per heavy atom. The van der Waals surface area contributed by atoms with Gasteiger partial charge in [-0.05, 0) is 55.8 Å². The monoisotopic (exact) mass is 354 g/mol. The summed E-state index contributed by atoms with van der Waals surface area (Å²) >= 11 is 0. The number of allylic oxidation sites excluding steroid dienone is 4. The zero-order chi connectivity index (χ0) is 18.7. The molecule has 0 fully saturated rings. The summed E-state index contributed by atoms with van der Waals surface area (Å²) in [6.45, 7) is 0.447. The molecular formula is C19H18F4O2. The maximum Gasteiger partial charge on any atom is 0.387 e. The Morgan fingerprint density at radius 1 is 1.20 bits per heavy atom. The van der Waals surface area contributed by atoms with Crippen molar-refractivity contribution in [1.29, 1.82) is 0 Å². The number of rotatable bonds is 7. The highest BCUT2D eigenvalue weighted by Gasteiger charge is 2.00. The molecule has 1 aromatic rings. The molecule has 0 bridgehead atoms. The van der Waals surface area contributed by atoms with Crippen LogP contribution < -0.4 is 4.74 Å². The fourth-order valence-corrected chi connectivity index (χ4v) is 1.64. The van der Waals surface area contributed by atoms with E-state index in [0.717, 1.165) is 6.08 Å². The lowest BCUT2D eigenvalue weighted by molar-refractivity contribution is -0.0953. The van der Waals surface area contributed by atoms with Crippen molar-refractivity contribution in [3.05, 3.63) is 65.5 Å². The maximum atomic E-state index is 12.0. The van der Waals surface area contributed by atoms with Crippen LogP contribution in [0.5, 0.6) is 5.75 Å². The minimum absolute atomic E-state index is 0.0883. The molecule has 0 aliphatic carbocycles. The topological polar surface area (TPSA) is 18.5 Å². The predicted octanol–water partition coefficient (Wildman–Crippen LogP) is 5.68. The Bertz CT molecular complexity index is 706. The molecule has 0 amide bonds. The van der Waals surface area contributed by atoms with Gasteiger partial charge in [0.05, 0.1) is 12.4 Å². The molecule has 0 radical (unpaired) electrons. The third-order valence-electron chi connectivity index (χ3n) is 2.77. The average molecular weight is 354 g/mol. The molecule has 0 heterocycles. The van der Waals surface area contributed by atoms with E-state index in [9.17, 15) is 17.6 Å². The van der Waals surface area contributed by atoms with Crippen LogP contribution in [0.15, 0.2) is 59.9 Å². The first-order valence-electron chi connectivity index (χ1n) is 7.43. The molecular weight excluding hydrogens is 336 g/mol. The average Bonchev–Trinajstić information content (AvgIpc) is 2.54. The van der Waals surface area contributed by atoms with Gasteiger partial charge >= 0.3 is 6.61 Å². The standard InChI is InChI=1S/C19H18F4O2/c1-14(8-10-15(2)25-19(22)23)9-11-16-5-3-6-17(13-16)24-12-4-7-18(20)21/h3,5-8,10,13,19H,4,12H2,1-2H3/b14-8+,15-10+. The summed E-state index contributed by atoms with van der Waals surface area (Å²) in [5.41, 5.74) is 1.34. The second-order valence-corrected chi connectivity index (χ2v) is 4.91. The Morgan fingerprint density at radius 3 is 2.64 bits per heavy atom. The quantitative estimate of drug-likeness (QED) is 0.206. The first kappa shape index (κ1) is 20.4. The lowest BCUT2D eigenvalue weighted by Gasteiger charge is -2.04. The molecule has 25 heavy (non-hydrogen) atoms. The summed E-state index contributed by atoms with van der Waals surface area (Å²) in [5, 5.41) is 0. The summed E-state index contributed by atoms with van der Waals surface area (Å²) in [5.74, 6) is 6.40. The summed E-state index contributed by atoms with van der Waals surface area (Å²) in [6, 6.07) is 6.91. The second-order valence-electron chi connectivity index (χ2n) is 4.91. The minimum Gasteiger partial charge on any atom is -0.493 e. The van der Waals surface area contributed by atoms with Crippen LogP contribution in [0.3, 0.4) is 0 Å². The van der Waals surface area contributed by atoms with E-state index in [1.165, 1.54) is 13.0 Å². The van der Waals surface area contributed by atoms with Gasteiger partial charge in [0.1, 0.15) is 5.75 Å².